The molecule has 1 atom stereocenters. The Morgan fingerprint density at radius 3 is 3.07 bits per heavy atom. The van der Waals surface area contributed by atoms with Crippen molar-refractivity contribution in [1.29, 1.82) is 0 Å². The lowest BCUT2D eigenvalue weighted by molar-refractivity contribution is 0.202. The van der Waals surface area contributed by atoms with Gasteiger partial charge in [0.05, 0.1) is 0 Å². The summed E-state index contributed by atoms with van der Waals surface area (Å²) in [6.45, 7) is 5.85. The molecule has 0 spiro atoms. The summed E-state index contributed by atoms with van der Waals surface area (Å²) in [4.78, 5) is 6.80. The Kier molecular flexibility index (Phi) is 3.37. The Hall–Kier alpha value is -0.890. The van der Waals surface area contributed by atoms with Crippen molar-refractivity contribution < 1.29 is 0 Å². The molecule has 0 saturated carbocycles. The third kappa shape index (κ3) is 2.57. The van der Waals surface area contributed by atoms with E-state index in [1.54, 1.807) is 0 Å². The highest BCUT2D eigenvalue weighted by Gasteiger charge is 2.26. The summed E-state index contributed by atoms with van der Waals surface area (Å²) >= 11 is 0. The van der Waals surface area contributed by atoms with Gasteiger partial charge in [0.1, 0.15) is 0 Å². The van der Waals surface area contributed by atoms with E-state index in [9.17, 15) is 0 Å². The maximum absolute atomic E-state index is 4.18. The summed E-state index contributed by atoms with van der Waals surface area (Å²) in [5.41, 5.74) is 1.37. The van der Waals surface area contributed by atoms with E-state index in [1.807, 2.05) is 18.5 Å². The maximum Gasteiger partial charge on any atom is 0.0300 e. The van der Waals surface area contributed by atoms with Crippen molar-refractivity contribution in [1.82, 2.24) is 9.88 Å². The molecule has 15 heavy (non-hydrogen) atoms. The topological polar surface area (TPSA) is 16.1 Å². The van der Waals surface area contributed by atoms with E-state index in [0.29, 0.717) is 6.04 Å². The van der Waals surface area contributed by atoms with E-state index in [1.165, 1.54) is 24.9 Å². The molecule has 2 heteroatoms. The van der Waals surface area contributed by atoms with Gasteiger partial charge < -0.3 is 0 Å². The van der Waals surface area contributed by atoms with Crippen LogP contribution in [0.4, 0.5) is 0 Å². The van der Waals surface area contributed by atoms with E-state index in [4.69, 9.17) is 0 Å². The molecule has 1 unspecified atom stereocenters. The summed E-state index contributed by atoms with van der Waals surface area (Å²) < 4.78 is 0. The largest absolute Gasteiger partial charge is 0.298 e. The lowest BCUT2D eigenvalue weighted by Gasteiger charge is -2.28. The van der Waals surface area contributed by atoms with Crippen LogP contribution in [0.2, 0.25) is 0 Å². The third-order valence-electron chi connectivity index (χ3n) is 3.28. The van der Waals surface area contributed by atoms with Crippen molar-refractivity contribution in [3.63, 3.8) is 0 Å². The number of rotatable bonds is 3. The SMILES string of the molecule is CC(C)N1CCCC1Cc1cccnc1. The molecule has 2 rings (SSSR count). The van der Waals surface area contributed by atoms with Crippen LogP contribution in [0.3, 0.4) is 0 Å². The molecule has 1 aromatic heterocycles. The van der Waals surface area contributed by atoms with Gasteiger partial charge in [-0.2, -0.15) is 0 Å². The maximum atomic E-state index is 4.18. The molecule has 2 nitrogen and oxygen atoms in total. The zero-order valence-corrected chi connectivity index (χ0v) is 9.69. The highest BCUT2D eigenvalue weighted by molar-refractivity contribution is 5.10. The van der Waals surface area contributed by atoms with Gasteiger partial charge in [-0.15, -0.1) is 0 Å². The lowest BCUT2D eigenvalue weighted by atomic mass is 10.1. The van der Waals surface area contributed by atoms with Crippen LogP contribution in [0.15, 0.2) is 24.5 Å². The Labute approximate surface area is 92.3 Å². The Balaban J connectivity index is 2.00. The van der Waals surface area contributed by atoms with Crippen LogP contribution < -0.4 is 0 Å². The first kappa shape index (κ1) is 10.6. The van der Waals surface area contributed by atoms with Gasteiger partial charge in [0.15, 0.2) is 0 Å². The lowest BCUT2D eigenvalue weighted by Crippen LogP contribution is -2.36. The van der Waals surface area contributed by atoms with Crippen molar-refractivity contribution in [3.8, 4) is 0 Å². The van der Waals surface area contributed by atoms with Crippen LogP contribution in [0.1, 0.15) is 32.3 Å². The number of aromatic nitrogens is 1. The minimum absolute atomic E-state index is 0.675. The number of hydrogen-bond donors (Lipinski definition) is 0. The molecular formula is C13H20N2. The first-order valence-electron chi connectivity index (χ1n) is 5.92. The molecule has 1 saturated heterocycles. The first-order chi connectivity index (χ1) is 7.27. The number of hydrogen-bond acceptors (Lipinski definition) is 2. The zero-order chi connectivity index (χ0) is 10.7. The second kappa shape index (κ2) is 4.75. The Morgan fingerprint density at radius 1 is 1.53 bits per heavy atom. The van der Waals surface area contributed by atoms with E-state index >= 15 is 0 Å². The normalized spacial score (nSPS) is 22.5. The fourth-order valence-corrected chi connectivity index (χ4v) is 2.55. The van der Waals surface area contributed by atoms with Gasteiger partial charge in [-0.05, 0) is 51.3 Å². The molecule has 0 bridgehead atoms. The first-order valence-corrected chi connectivity index (χ1v) is 5.92. The van der Waals surface area contributed by atoms with Crippen LogP contribution >= 0.6 is 0 Å². The highest BCUT2D eigenvalue weighted by atomic mass is 15.2. The smallest absolute Gasteiger partial charge is 0.0300 e. The molecule has 0 aromatic carbocycles. The van der Waals surface area contributed by atoms with Gasteiger partial charge >= 0.3 is 0 Å². The van der Waals surface area contributed by atoms with E-state index in [0.717, 1.165) is 12.5 Å². The second-order valence-electron chi connectivity index (χ2n) is 4.69. The van der Waals surface area contributed by atoms with Crippen LogP contribution in [0.5, 0.6) is 0 Å². The van der Waals surface area contributed by atoms with Gasteiger partial charge in [-0.1, -0.05) is 6.07 Å². The number of nitrogens with zero attached hydrogens (tertiary/aromatic N) is 2. The summed E-state index contributed by atoms with van der Waals surface area (Å²) in [6.07, 6.45) is 7.69. The number of pyridine rings is 1. The Morgan fingerprint density at radius 2 is 2.40 bits per heavy atom. The average Bonchev–Trinajstić information content (AvgIpc) is 2.67. The highest BCUT2D eigenvalue weighted by Crippen LogP contribution is 2.22. The standard InChI is InChI=1S/C13H20N2/c1-11(2)15-8-4-6-13(15)9-12-5-3-7-14-10-12/h3,5,7,10-11,13H,4,6,8-9H2,1-2H3. The minimum atomic E-state index is 0.675. The zero-order valence-electron chi connectivity index (χ0n) is 9.69. The van der Waals surface area contributed by atoms with E-state index in [2.05, 4.69) is 29.8 Å². The van der Waals surface area contributed by atoms with Crippen LogP contribution in [-0.4, -0.2) is 28.5 Å². The van der Waals surface area contributed by atoms with Gasteiger partial charge in [-0.3, -0.25) is 9.88 Å². The van der Waals surface area contributed by atoms with Crippen LogP contribution in [-0.2, 0) is 6.42 Å². The van der Waals surface area contributed by atoms with E-state index in [-0.39, 0.29) is 0 Å². The average molecular weight is 204 g/mol. The van der Waals surface area contributed by atoms with Crippen molar-refractivity contribution in [2.45, 2.75) is 45.2 Å². The molecule has 0 amide bonds. The number of likely N-dealkylation sites (tertiary alicyclic amines) is 1. The van der Waals surface area contributed by atoms with Crippen molar-refractivity contribution in [3.05, 3.63) is 30.1 Å². The van der Waals surface area contributed by atoms with Crippen molar-refractivity contribution in [2.24, 2.45) is 0 Å². The molecule has 1 aliphatic rings. The predicted molar refractivity (Wildman–Crippen MR) is 62.8 cm³/mol. The molecule has 1 fully saturated rings. The van der Waals surface area contributed by atoms with Gasteiger partial charge in [0.25, 0.3) is 0 Å². The van der Waals surface area contributed by atoms with Crippen LogP contribution in [0, 0.1) is 0 Å². The Bertz CT molecular complexity index is 295. The summed E-state index contributed by atoms with van der Waals surface area (Å²) in [5, 5.41) is 0. The van der Waals surface area contributed by atoms with Crippen molar-refractivity contribution in [2.75, 3.05) is 6.54 Å². The minimum Gasteiger partial charge on any atom is -0.298 e. The second-order valence-corrected chi connectivity index (χ2v) is 4.69. The van der Waals surface area contributed by atoms with Gasteiger partial charge in [-0.25, -0.2) is 0 Å². The molecule has 82 valence electrons. The van der Waals surface area contributed by atoms with Crippen molar-refractivity contribution >= 4 is 0 Å². The fraction of sp³-hybridized carbons (Fsp3) is 0.615. The van der Waals surface area contributed by atoms with Crippen LogP contribution in [0.25, 0.3) is 0 Å². The summed E-state index contributed by atoms with van der Waals surface area (Å²) in [5.74, 6) is 0. The fourth-order valence-electron chi connectivity index (χ4n) is 2.55. The molecule has 0 N–H and O–H groups in total. The quantitative estimate of drug-likeness (QED) is 0.752. The summed E-state index contributed by atoms with van der Waals surface area (Å²) in [6, 6.07) is 5.62. The summed E-state index contributed by atoms with van der Waals surface area (Å²) in [7, 11) is 0. The predicted octanol–water partition coefficient (Wildman–Crippen LogP) is 2.50. The molecule has 0 radical (unpaired) electrons. The molecule has 1 aromatic rings. The van der Waals surface area contributed by atoms with E-state index < -0.39 is 0 Å². The molecular weight excluding hydrogens is 184 g/mol. The molecule has 2 heterocycles. The van der Waals surface area contributed by atoms with Gasteiger partial charge in [0, 0.05) is 24.5 Å². The molecule has 0 aliphatic carbocycles. The third-order valence-corrected chi connectivity index (χ3v) is 3.28. The van der Waals surface area contributed by atoms with Gasteiger partial charge in [0.2, 0.25) is 0 Å². The molecule has 1 aliphatic heterocycles. The monoisotopic (exact) mass is 204 g/mol.